The van der Waals surface area contributed by atoms with Gasteiger partial charge in [-0.05, 0) is 12.1 Å². The molecule has 2 aromatic heterocycles. The highest BCUT2D eigenvalue weighted by Crippen LogP contribution is 2.22. The Balaban J connectivity index is 2.07. The number of fused-ring (bicyclic) bond motifs is 1. The minimum atomic E-state index is -0.714. The first kappa shape index (κ1) is 11.4. The molecular weight excluding hydrogens is 252 g/mol. The van der Waals surface area contributed by atoms with Crippen molar-refractivity contribution in [2.75, 3.05) is 11.1 Å². The predicted octanol–water partition coefficient (Wildman–Crippen LogP) is 2.33. The zero-order valence-electron chi connectivity index (χ0n) is 9.64. The normalized spacial score (nSPS) is 10.8. The maximum atomic E-state index is 13.6. The predicted molar refractivity (Wildman–Crippen MR) is 67.0 cm³/mol. The first-order valence-electron chi connectivity index (χ1n) is 5.45. The first-order valence-corrected chi connectivity index (χ1v) is 5.45. The van der Waals surface area contributed by atoms with Gasteiger partial charge in [0.2, 0.25) is 0 Å². The van der Waals surface area contributed by atoms with Gasteiger partial charge < -0.3 is 15.5 Å². The van der Waals surface area contributed by atoms with Gasteiger partial charge in [-0.3, -0.25) is 0 Å². The van der Waals surface area contributed by atoms with E-state index < -0.39 is 11.6 Å². The fourth-order valence-corrected chi connectivity index (χ4v) is 1.75. The van der Waals surface area contributed by atoms with Gasteiger partial charge >= 0.3 is 0 Å². The van der Waals surface area contributed by atoms with Gasteiger partial charge in [0.1, 0.15) is 17.5 Å². The lowest BCUT2D eigenvalue weighted by molar-refractivity contribution is 0.586. The van der Waals surface area contributed by atoms with E-state index in [1.165, 1.54) is 6.07 Å². The molecule has 0 atom stereocenters. The van der Waals surface area contributed by atoms with Crippen LogP contribution in [0, 0.1) is 11.6 Å². The molecule has 0 aliphatic carbocycles. The maximum absolute atomic E-state index is 13.6. The molecule has 5 nitrogen and oxygen atoms in total. The van der Waals surface area contributed by atoms with Gasteiger partial charge in [-0.1, -0.05) is 0 Å². The Hall–Kier alpha value is -2.70. The number of nitrogens with two attached hydrogens (primary N) is 1. The van der Waals surface area contributed by atoms with Gasteiger partial charge in [0, 0.05) is 18.5 Å². The molecule has 3 N–H and O–H groups in total. The van der Waals surface area contributed by atoms with Crippen molar-refractivity contribution in [1.82, 2.24) is 14.4 Å². The quantitative estimate of drug-likeness (QED) is 0.743. The lowest BCUT2D eigenvalue weighted by Crippen LogP contribution is -2.03. The van der Waals surface area contributed by atoms with Crippen molar-refractivity contribution in [3.63, 3.8) is 0 Å². The molecule has 0 saturated heterocycles. The molecule has 0 saturated carbocycles. The van der Waals surface area contributed by atoms with Crippen molar-refractivity contribution >= 4 is 23.0 Å². The second kappa shape index (κ2) is 4.20. The van der Waals surface area contributed by atoms with Crippen molar-refractivity contribution in [1.29, 1.82) is 0 Å². The van der Waals surface area contributed by atoms with Crippen LogP contribution in [0.5, 0.6) is 0 Å². The Morgan fingerprint density at radius 3 is 2.89 bits per heavy atom. The average molecular weight is 261 g/mol. The molecule has 0 aliphatic heterocycles. The molecule has 0 unspecified atom stereocenters. The summed E-state index contributed by atoms with van der Waals surface area (Å²) in [6, 6.07) is 3.23. The third-order valence-corrected chi connectivity index (χ3v) is 2.58. The Kier molecular flexibility index (Phi) is 2.52. The number of imidazole rings is 1. The maximum Gasteiger partial charge on any atom is 0.180 e. The topological polar surface area (TPSA) is 68.2 Å². The number of nitrogens with one attached hydrogen (secondary N) is 1. The lowest BCUT2D eigenvalue weighted by atomic mass is 10.3. The SMILES string of the molecule is Nc1cn2ccnc2c(Nc2ccc(F)cc2F)n1. The van der Waals surface area contributed by atoms with Crippen molar-refractivity contribution in [3.8, 4) is 0 Å². The number of anilines is 3. The fourth-order valence-electron chi connectivity index (χ4n) is 1.75. The van der Waals surface area contributed by atoms with E-state index in [4.69, 9.17) is 5.73 Å². The minimum absolute atomic E-state index is 0.101. The van der Waals surface area contributed by atoms with E-state index in [0.717, 1.165) is 12.1 Å². The number of nitrogen functional groups attached to an aromatic ring is 1. The summed E-state index contributed by atoms with van der Waals surface area (Å²) >= 11 is 0. The van der Waals surface area contributed by atoms with Crippen molar-refractivity contribution in [2.24, 2.45) is 0 Å². The molecule has 0 fully saturated rings. The van der Waals surface area contributed by atoms with Gasteiger partial charge in [-0.25, -0.2) is 18.7 Å². The average Bonchev–Trinajstić information content (AvgIpc) is 2.80. The van der Waals surface area contributed by atoms with E-state index in [-0.39, 0.29) is 11.5 Å². The molecule has 19 heavy (non-hydrogen) atoms. The van der Waals surface area contributed by atoms with Crippen LogP contribution in [0.25, 0.3) is 5.65 Å². The second-order valence-corrected chi connectivity index (χ2v) is 3.92. The lowest BCUT2D eigenvalue weighted by Gasteiger charge is -2.08. The van der Waals surface area contributed by atoms with Crippen molar-refractivity contribution < 1.29 is 8.78 Å². The summed E-state index contributed by atoms with van der Waals surface area (Å²) in [6.07, 6.45) is 4.86. The van der Waals surface area contributed by atoms with E-state index >= 15 is 0 Å². The summed E-state index contributed by atoms with van der Waals surface area (Å²) in [5.74, 6) is -0.797. The molecule has 1 aromatic carbocycles. The van der Waals surface area contributed by atoms with Crippen LogP contribution in [-0.2, 0) is 0 Å². The number of aromatic nitrogens is 3. The van der Waals surface area contributed by atoms with E-state index in [2.05, 4.69) is 15.3 Å². The van der Waals surface area contributed by atoms with Gasteiger partial charge in [-0.15, -0.1) is 0 Å². The summed E-state index contributed by atoms with van der Waals surface area (Å²) in [5, 5.41) is 2.75. The zero-order valence-corrected chi connectivity index (χ0v) is 9.64. The van der Waals surface area contributed by atoms with Crippen LogP contribution in [0.4, 0.5) is 26.1 Å². The summed E-state index contributed by atoms with van der Waals surface area (Å²) in [5.41, 5.74) is 6.25. The molecule has 96 valence electrons. The van der Waals surface area contributed by atoms with E-state index in [1.54, 1.807) is 23.0 Å². The highest BCUT2D eigenvalue weighted by atomic mass is 19.1. The van der Waals surface area contributed by atoms with Crippen LogP contribution >= 0.6 is 0 Å². The zero-order chi connectivity index (χ0) is 13.4. The number of hydrogen-bond acceptors (Lipinski definition) is 4. The van der Waals surface area contributed by atoms with Crippen molar-refractivity contribution in [2.45, 2.75) is 0 Å². The molecule has 0 amide bonds. The Bertz CT molecular complexity index is 753. The Morgan fingerprint density at radius 1 is 1.26 bits per heavy atom. The van der Waals surface area contributed by atoms with Gasteiger partial charge in [-0.2, -0.15) is 0 Å². The summed E-state index contributed by atoms with van der Waals surface area (Å²) in [4.78, 5) is 8.14. The second-order valence-electron chi connectivity index (χ2n) is 3.92. The Morgan fingerprint density at radius 2 is 2.11 bits per heavy atom. The molecule has 2 heterocycles. The van der Waals surface area contributed by atoms with Crippen LogP contribution in [0.15, 0.2) is 36.8 Å². The van der Waals surface area contributed by atoms with Crippen LogP contribution in [-0.4, -0.2) is 14.4 Å². The minimum Gasteiger partial charge on any atom is -0.382 e. The van der Waals surface area contributed by atoms with E-state index in [1.807, 2.05) is 0 Å². The first-order chi connectivity index (χ1) is 9.13. The van der Waals surface area contributed by atoms with Crippen LogP contribution in [0.2, 0.25) is 0 Å². The van der Waals surface area contributed by atoms with Crippen molar-refractivity contribution in [3.05, 3.63) is 48.4 Å². The number of hydrogen-bond donors (Lipinski definition) is 2. The molecule has 0 radical (unpaired) electrons. The number of rotatable bonds is 2. The number of halogens is 2. The summed E-state index contributed by atoms with van der Waals surface area (Å²) < 4.78 is 28.1. The van der Waals surface area contributed by atoms with Crippen LogP contribution < -0.4 is 11.1 Å². The van der Waals surface area contributed by atoms with Crippen LogP contribution in [0.1, 0.15) is 0 Å². The largest absolute Gasteiger partial charge is 0.382 e. The molecule has 0 aliphatic rings. The van der Waals surface area contributed by atoms with Gasteiger partial charge in [0.05, 0.1) is 11.9 Å². The molecule has 7 heteroatoms. The smallest absolute Gasteiger partial charge is 0.180 e. The molecule has 0 bridgehead atoms. The third kappa shape index (κ3) is 2.05. The highest BCUT2D eigenvalue weighted by molar-refractivity contribution is 5.71. The van der Waals surface area contributed by atoms with E-state index in [0.29, 0.717) is 11.5 Å². The highest BCUT2D eigenvalue weighted by Gasteiger charge is 2.09. The van der Waals surface area contributed by atoms with E-state index in [9.17, 15) is 8.78 Å². The van der Waals surface area contributed by atoms with Gasteiger partial charge in [0.25, 0.3) is 0 Å². The van der Waals surface area contributed by atoms with Gasteiger partial charge in [0.15, 0.2) is 11.5 Å². The molecular formula is C12H9F2N5. The Labute approximate surface area is 106 Å². The molecule has 0 spiro atoms. The summed E-state index contributed by atoms with van der Waals surface area (Å²) in [6.45, 7) is 0. The number of benzene rings is 1. The monoisotopic (exact) mass is 261 g/mol. The fraction of sp³-hybridized carbons (Fsp3) is 0. The summed E-state index contributed by atoms with van der Waals surface area (Å²) in [7, 11) is 0. The standard InChI is InChI=1S/C12H9F2N5/c13-7-1-2-9(8(14)5-7)17-11-12-16-3-4-19(12)6-10(15)18-11/h1-6H,15H2,(H,17,18). The van der Waals surface area contributed by atoms with Crippen LogP contribution in [0.3, 0.4) is 0 Å². The molecule has 3 rings (SSSR count). The molecule has 3 aromatic rings. The number of nitrogens with zero attached hydrogens (tertiary/aromatic N) is 3. The third-order valence-electron chi connectivity index (χ3n) is 2.58.